The Morgan fingerprint density at radius 2 is 1.98 bits per heavy atom. The van der Waals surface area contributed by atoms with Crippen LogP contribution in [0.15, 0.2) is 79.1 Å². The summed E-state index contributed by atoms with van der Waals surface area (Å²) in [5.74, 6) is 1.93. The normalized spacial score (nSPS) is 25.0. The van der Waals surface area contributed by atoms with Crippen LogP contribution in [0.5, 0.6) is 11.8 Å². The van der Waals surface area contributed by atoms with Crippen molar-refractivity contribution < 1.29 is 18.6 Å². The van der Waals surface area contributed by atoms with E-state index in [1.807, 2.05) is 42.5 Å². The Hall–Kier alpha value is -4.87. The number of rotatable bonds is 5. The van der Waals surface area contributed by atoms with E-state index < -0.39 is 12.0 Å². The van der Waals surface area contributed by atoms with Gasteiger partial charge in [0.25, 0.3) is 0 Å². The van der Waals surface area contributed by atoms with E-state index in [2.05, 4.69) is 15.8 Å². The van der Waals surface area contributed by atoms with Crippen LogP contribution in [0.4, 0.5) is 8.78 Å². The number of aromatic nitrogens is 3. The number of phenolic OH excluding ortho intramolecular Hbond substituents is 1. The summed E-state index contributed by atoms with van der Waals surface area (Å²) in [4.78, 5) is 16.5. The molecule has 1 aliphatic carbocycles. The van der Waals surface area contributed by atoms with Crippen LogP contribution in [0.1, 0.15) is 30.5 Å². The predicted molar refractivity (Wildman–Crippen MR) is 164 cm³/mol. The molecule has 4 heterocycles. The van der Waals surface area contributed by atoms with Crippen molar-refractivity contribution in [2.24, 2.45) is 0 Å². The number of alkyl halides is 1. The molecule has 1 unspecified atom stereocenters. The minimum absolute atomic E-state index is 0.00604. The van der Waals surface area contributed by atoms with Gasteiger partial charge in [-0.2, -0.15) is 4.98 Å². The molecule has 8 heteroatoms. The van der Waals surface area contributed by atoms with Crippen LogP contribution in [-0.2, 0) is 0 Å². The van der Waals surface area contributed by atoms with Gasteiger partial charge in [0.05, 0.1) is 28.0 Å². The number of allylic oxidation sites excluding steroid dienone is 8. The molecule has 0 bridgehead atoms. The summed E-state index contributed by atoms with van der Waals surface area (Å²) in [6.07, 6.45) is 22.4. The highest BCUT2D eigenvalue weighted by atomic mass is 19.1. The Labute approximate surface area is 247 Å². The molecule has 43 heavy (non-hydrogen) atoms. The average Bonchev–Trinajstić information content (AvgIpc) is 3.50. The fourth-order valence-corrected chi connectivity index (χ4v) is 6.58. The largest absolute Gasteiger partial charge is 0.508 e. The molecule has 2 atom stereocenters. The lowest BCUT2D eigenvalue weighted by Crippen LogP contribution is -2.43. The average molecular weight is 575 g/mol. The molecule has 3 aliphatic rings. The van der Waals surface area contributed by atoms with Crippen LogP contribution in [0.3, 0.4) is 0 Å². The van der Waals surface area contributed by atoms with Crippen molar-refractivity contribution in [2.75, 3.05) is 19.7 Å². The van der Waals surface area contributed by atoms with Crippen molar-refractivity contribution in [3.63, 3.8) is 0 Å². The van der Waals surface area contributed by atoms with Crippen molar-refractivity contribution in [1.29, 1.82) is 0 Å². The highest BCUT2D eigenvalue weighted by Crippen LogP contribution is 2.41. The van der Waals surface area contributed by atoms with Crippen molar-refractivity contribution >= 4 is 27.2 Å². The maximum atomic E-state index is 14.9. The minimum atomic E-state index is -0.860. The first-order valence-corrected chi connectivity index (χ1v) is 14.3. The van der Waals surface area contributed by atoms with E-state index in [0.717, 1.165) is 25.0 Å². The highest BCUT2D eigenvalue weighted by Gasteiger charge is 2.49. The lowest BCUT2D eigenvalue weighted by atomic mass is 9.95. The molecule has 0 spiro atoms. The van der Waals surface area contributed by atoms with E-state index in [0.29, 0.717) is 58.2 Å². The van der Waals surface area contributed by atoms with Crippen molar-refractivity contribution in [3.8, 4) is 35.4 Å². The van der Waals surface area contributed by atoms with Gasteiger partial charge >= 0.3 is 6.01 Å². The Bertz CT molecular complexity index is 1940. The summed E-state index contributed by atoms with van der Waals surface area (Å²) in [5, 5.41) is 12.4. The molecule has 0 amide bonds. The zero-order valence-electron chi connectivity index (χ0n) is 23.3. The Morgan fingerprint density at radius 1 is 1.12 bits per heavy atom. The van der Waals surface area contributed by atoms with Gasteiger partial charge < -0.3 is 9.84 Å². The van der Waals surface area contributed by atoms with E-state index in [1.54, 1.807) is 24.4 Å². The zero-order valence-corrected chi connectivity index (χ0v) is 23.3. The van der Waals surface area contributed by atoms with Crippen LogP contribution < -0.4 is 4.74 Å². The van der Waals surface area contributed by atoms with E-state index >= 15 is 0 Å². The van der Waals surface area contributed by atoms with Crippen LogP contribution in [-0.4, -0.2) is 56.4 Å². The summed E-state index contributed by atoms with van der Waals surface area (Å²) in [7, 11) is 0. The van der Waals surface area contributed by atoms with Gasteiger partial charge in [0, 0.05) is 41.1 Å². The fourth-order valence-electron chi connectivity index (χ4n) is 6.58. The second-order valence-electron chi connectivity index (χ2n) is 11.2. The first-order chi connectivity index (χ1) is 20.9. The summed E-state index contributed by atoms with van der Waals surface area (Å²) in [5.41, 5.74) is 2.62. The lowest BCUT2D eigenvalue weighted by molar-refractivity contribution is 0.107. The smallest absolute Gasteiger partial charge is 0.316 e. The number of hydrogen-bond donors (Lipinski definition) is 1. The number of terminal acetylenes is 1. The number of pyridine rings is 1. The van der Waals surface area contributed by atoms with Crippen molar-refractivity contribution in [1.82, 2.24) is 19.9 Å². The summed E-state index contributed by atoms with van der Waals surface area (Å²) >= 11 is 0. The van der Waals surface area contributed by atoms with Crippen LogP contribution in [0.25, 0.3) is 38.5 Å². The van der Waals surface area contributed by atoms with Gasteiger partial charge in [0.15, 0.2) is 0 Å². The van der Waals surface area contributed by atoms with E-state index in [-0.39, 0.29) is 22.9 Å². The number of fused-ring (bicyclic) bond motifs is 3. The third-order valence-electron chi connectivity index (χ3n) is 8.53. The predicted octanol–water partition coefficient (Wildman–Crippen LogP) is 6.69. The molecule has 2 aliphatic heterocycles. The Kier molecular flexibility index (Phi) is 6.75. The number of benzene rings is 2. The molecule has 2 aromatic carbocycles. The third kappa shape index (κ3) is 4.86. The standard InChI is InChI=1S/C35H28F2N4O2/c1-2-26-29(37)12-11-23-15-25(42)16-27(32(23)26)30-17-31-28(33(39-30)22-9-6-4-3-5-7-10-22)19-38-34(40-31)43-21-35-13-8-14-41(35)20-24(36)18-35/h1,3-7,9-12,15-17,19,24,42H,8,13-14,18,20-21H2/b4-3-,5-3?,6-4?,7-5-,9-6-,10-7?,22-9?,22-10+/t24-,35?/m1/s1. The van der Waals surface area contributed by atoms with Gasteiger partial charge in [0.1, 0.15) is 24.3 Å². The first kappa shape index (κ1) is 27.0. The van der Waals surface area contributed by atoms with E-state index in [4.69, 9.17) is 21.1 Å². The number of hydrogen-bond acceptors (Lipinski definition) is 6. The topological polar surface area (TPSA) is 71.4 Å². The quantitative estimate of drug-likeness (QED) is 0.268. The molecule has 2 saturated heterocycles. The number of phenols is 1. The van der Waals surface area contributed by atoms with Gasteiger partial charge in [-0.3, -0.25) is 4.90 Å². The first-order valence-electron chi connectivity index (χ1n) is 14.3. The number of aromatic hydroxyl groups is 1. The van der Waals surface area contributed by atoms with Crippen molar-refractivity contribution in [2.45, 2.75) is 31.0 Å². The van der Waals surface area contributed by atoms with E-state index in [1.165, 1.54) is 12.1 Å². The molecule has 0 radical (unpaired) electrons. The van der Waals surface area contributed by atoms with E-state index in [9.17, 15) is 13.9 Å². The number of halogens is 2. The number of ether oxygens (including phenoxy) is 1. The molecule has 4 aromatic rings. The summed E-state index contributed by atoms with van der Waals surface area (Å²) in [6, 6.07) is 7.90. The zero-order chi connectivity index (χ0) is 29.6. The Morgan fingerprint density at radius 3 is 2.86 bits per heavy atom. The van der Waals surface area contributed by atoms with Gasteiger partial charge in [-0.15, -0.1) is 6.42 Å². The van der Waals surface area contributed by atoms with Gasteiger partial charge in [-0.25, -0.2) is 18.7 Å². The maximum absolute atomic E-state index is 14.9. The maximum Gasteiger partial charge on any atom is 0.316 e. The fraction of sp³-hybridized carbons (Fsp3) is 0.229. The molecule has 214 valence electrons. The van der Waals surface area contributed by atoms with Gasteiger partial charge in [0.2, 0.25) is 0 Å². The van der Waals surface area contributed by atoms with Crippen LogP contribution in [0.2, 0.25) is 0 Å². The Balaban J connectivity index is 1.39. The molecule has 0 saturated carbocycles. The van der Waals surface area contributed by atoms with Gasteiger partial charge in [-0.1, -0.05) is 54.5 Å². The molecule has 2 aromatic heterocycles. The number of nitrogens with zero attached hydrogens (tertiary/aromatic N) is 4. The minimum Gasteiger partial charge on any atom is -0.508 e. The highest BCUT2D eigenvalue weighted by molar-refractivity contribution is 6.03. The molecular weight excluding hydrogens is 546 g/mol. The second kappa shape index (κ2) is 10.8. The molecule has 6 nitrogen and oxygen atoms in total. The molecular formula is C35H28F2N4O2. The van der Waals surface area contributed by atoms with Crippen molar-refractivity contribution in [3.05, 3.63) is 96.1 Å². The lowest BCUT2D eigenvalue weighted by Gasteiger charge is -2.30. The monoisotopic (exact) mass is 574 g/mol. The van der Waals surface area contributed by atoms with Crippen LogP contribution in [0, 0.1) is 18.2 Å². The van der Waals surface area contributed by atoms with Gasteiger partial charge in [-0.05, 0) is 49.0 Å². The van der Waals surface area contributed by atoms with Crippen LogP contribution >= 0.6 is 0 Å². The SMILES string of the molecule is C#Cc1c(F)ccc2cc(O)cc(-c3cc4nc(OCC56CCCN5C[C@H](F)C6)ncc4c(C4=C/C=C\C=C/C=C\4)n3)c12. The molecule has 7 rings (SSSR count). The molecule has 1 N–H and O–H groups in total. The third-order valence-corrected chi connectivity index (χ3v) is 8.53. The second-order valence-corrected chi connectivity index (χ2v) is 11.2. The summed E-state index contributed by atoms with van der Waals surface area (Å²) in [6.45, 7) is 1.60. The summed E-state index contributed by atoms with van der Waals surface area (Å²) < 4.78 is 35.3. The molecule has 2 fully saturated rings.